The maximum Gasteiger partial charge on any atom is 0.0518 e. The Morgan fingerprint density at radius 1 is 1.38 bits per heavy atom. The van der Waals surface area contributed by atoms with Crippen LogP contribution in [0.5, 0.6) is 0 Å². The summed E-state index contributed by atoms with van der Waals surface area (Å²) in [5, 5.41) is 1.64. The van der Waals surface area contributed by atoms with E-state index in [1.54, 1.807) is 0 Å². The van der Waals surface area contributed by atoms with Crippen molar-refractivity contribution < 1.29 is 4.74 Å². The van der Waals surface area contributed by atoms with Gasteiger partial charge in [0.15, 0.2) is 0 Å². The van der Waals surface area contributed by atoms with E-state index in [4.69, 9.17) is 22.1 Å². The summed E-state index contributed by atoms with van der Waals surface area (Å²) < 4.78 is 5.20. The summed E-state index contributed by atoms with van der Waals surface area (Å²) in [6.45, 7) is 5.58. The minimum atomic E-state index is 0.349. The Hall–Kier alpha value is 0.130. The maximum absolute atomic E-state index is 5.81. The van der Waals surface area contributed by atoms with Crippen molar-refractivity contribution in [2.45, 2.75) is 42.9 Å². The molecule has 1 aromatic rings. The molecule has 1 unspecified atom stereocenters. The molecule has 1 fully saturated rings. The summed E-state index contributed by atoms with van der Waals surface area (Å²) in [5.74, 6) is 2.62. The lowest BCUT2D eigenvalue weighted by Crippen LogP contribution is -2.08. The third-order valence-corrected chi connectivity index (χ3v) is 5.71. The predicted octanol–water partition coefficient (Wildman–Crippen LogP) is 4.70. The van der Waals surface area contributed by atoms with Crippen LogP contribution in [0.1, 0.15) is 26.7 Å². The fourth-order valence-electron chi connectivity index (χ4n) is 1.71. The van der Waals surface area contributed by atoms with Gasteiger partial charge in [0.1, 0.15) is 0 Å². The predicted molar refractivity (Wildman–Crippen MR) is 97.8 cm³/mol. The summed E-state index contributed by atoms with van der Waals surface area (Å²) in [7, 11) is 0. The molecule has 0 aliphatic carbocycles. The number of benzene rings is 1. The van der Waals surface area contributed by atoms with Crippen molar-refractivity contribution in [1.82, 2.24) is 0 Å². The van der Waals surface area contributed by atoms with E-state index in [-0.39, 0.29) is 0 Å². The van der Waals surface area contributed by atoms with Crippen LogP contribution in [0.4, 0.5) is 0 Å². The molecule has 0 spiro atoms. The zero-order chi connectivity index (χ0) is 15.5. The summed E-state index contributed by atoms with van der Waals surface area (Å²) in [5.41, 5.74) is 5.23. The molecule has 5 heteroatoms. The first kappa shape index (κ1) is 19.2. The molecule has 0 radical (unpaired) electrons. The van der Waals surface area contributed by atoms with Gasteiger partial charge in [-0.15, -0.1) is 11.8 Å². The van der Waals surface area contributed by atoms with E-state index in [2.05, 4.69) is 23.9 Å². The van der Waals surface area contributed by atoms with Crippen LogP contribution in [0.3, 0.4) is 0 Å². The Morgan fingerprint density at radius 3 is 2.62 bits per heavy atom. The van der Waals surface area contributed by atoms with Crippen molar-refractivity contribution in [3.63, 3.8) is 0 Å². The van der Waals surface area contributed by atoms with Crippen molar-refractivity contribution in [3.05, 3.63) is 29.3 Å². The molecule has 1 heterocycles. The topological polar surface area (TPSA) is 35.2 Å². The van der Waals surface area contributed by atoms with Gasteiger partial charge in [0, 0.05) is 27.5 Å². The number of nitrogens with two attached hydrogens (primary N) is 1. The number of halogens is 1. The van der Waals surface area contributed by atoms with Gasteiger partial charge in [0.2, 0.25) is 0 Å². The number of hydrogen-bond acceptors (Lipinski definition) is 4. The lowest BCUT2D eigenvalue weighted by molar-refractivity contribution is 0.0782. The van der Waals surface area contributed by atoms with Crippen LogP contribution in [-0.4, -0.2) is 36.0 Å². The zero-order valence-electron chi connectivity index (χ0n) is 12.9. The Bertz CT molecular complexity index is 367. The van der Waals surface area contributed by atoms with Gasteiger partial charge in [0.25, 0.3) is 0 Å². The van der Waals surface area contributed by atoms with Gasteiger partial charge in [-0.2, -0.15) is 11.8 Å². The van der Waals surface area contributed by atoms with Gasteiger partial charge >= 0.3 is 0 Å². The molecule has 2 rings (SSSR count). The minimum absolute atomic E-state index is 0.349. The lowest BCUT2D eigenvalue weighted by atomic mass is 10.4. The summed E-state index contributed by atoms with van der Waals surface area (Å²) >= 11 is 9.85. The monoisotopic (exact) mass is 347 g/mol. The molecule has 21 heavy (non-hydrogen) atoms. The SMILES string of the molecule is CC(C)OCCCN.Clc1ccc(SC2CCSC2)cc1. The molecule has 1 saturated heterocycles. The average molecular weight is 348 g/mol. The molecule has 1 aromatic carbocycles. The van der Waals surface area contributed by atoms with E-state index in [9.17, 15) is 0 Å². The molecule has 1 aliphatic rings. The van der Waals surface area contributed by atoms with Crippen LogP contribution in [0.25, 0.3) is 0 Å². The van der Waals surface area contributed by atoms with E-state index in [1.165, 1.54) is 22.8 Å². The Balaban J connectivity index is 0.000000240. The summed E-state index contributed by atoms with van der Waals surface area (Å²) in [6, 6.07) is 8.14. The molecular weight excluding hydrogens is 322 g/mol. The third-order valence-electron chi connectivity index (χ3n) is 2.80. The first-order valence-electron chi connectivity index (χ1n) is 7.43. The molecule has 120 valence electrons. The fourth-order valence-corrected chi connectivity index (χ4v) is 4.51. The molecule has 2 N–H and O–H groups in total. The first-order valence-corrected chi connectivity index (χ1v) is 9.84. The van der Waals surface area contributed by atoms with Crippen LogP contribution < -0.4 is 5.73 Å². The highest BCUT2D eigenvalue weighted by Gasteiger charge is 2.16. The first-order chi connectivity index (χ1) is 10.1. The highest BCUT2D eigenvalue weighted by atomic mass is 35.5. The van der Waals surface area contributed by atoms with Crippen LogP contribution >= 0.6 is 35.1 Å². The second-order valence-corrected chi connectivity index (χ2v) is 8.08. The van der Waals surface area contributed by atoms with Gasteiger partial charge < -0.3 is 10.5 Å². The highest BCUT2D eigenvalue weighted by molar-refractivity contribution is 8.04. The van der Waals surface area contributed by atoms with Gasteiger partial charge in [-0.05, 0) is 63.3 Å². The fraction of sp³-hybridized carbons (Fsp3) is 0.625. The molecule has 0 bridgehead atoms. The third kappa shape index (κ3) is 9.69. The van der Waals surface area contributed by atoms with E-state index in [1.807, 2.05) is 37.7 Å². The van der Waals surface area contributed by atoms with Crippen LogP contribution in [-0.2, 0) is 4.74 Å². The van der Waals surface area contributed by atoms with Crippen molar-refractivity contribution in [1.29, 1.82) is 0 Å². The van der Waals surface area contributed by atoms with E-state index in [0.29, 0.717) is 6.10 Å². The van der Waals surface area contributed by atoms with Gasteiger partial charge in [0.05, 0.1) is 6.10 Å². The normalized spacial score (nSPS) is 17.7. The maximum atomic E-state index is 5.81. The van der Waals surface area contributed by atoms with Crippen molar-refractivity contribution in [2.24, 2.45) is 5.73 Å². The Morgan fingerprint density at radius 2 is 2.10 bits per heavy atom. The summed E-state index contributed by atoms with van der Waals surface area (Å²) in [4.78, 5) is 1.34. The molecule has 2 nitrogen and oxygen atoms in total. The largest absolute Gasteiger partial charge is 0.379 e. The quantitative estimate of drug-likeness (QED) is 0.756. The van der Waals surface area contributed by atoms with E-state index >= 15 is 0 Å². The number of ether oxygens (including phenoxy) is 1. The lowest BCUT2D eigenvalue weighted by Gasteiger charge is -2.07. The molecule has 0 saturated carbocycles. The average Bonchev–Trinajstić information content (AvgIpc) is 2.95. The molecule has 0 aromatic heterocycles. The number of rotatable bonds is 6. The zero-order valence-corrected chi connectivity index (χ0v) is 15.3. The van der Waals surface area contributed by atoms with Crippen LogP contribution in [0.15, 0.2) is 29.2 Å². The van der Waals surface area contributed by atoms with Crippen molar-refractivity contribution in [2.75, 3.05) is 24.7 Å². The highest BCUT2D eigenvalue weighted by Crippen LogP contribution is 2.33. The number of thioether (sulfide) groups is 2. The second-order valence-electron chi connectivity index (χ2n) is 5.12. The smallest absolute Gasteiger partial charge is 0.0518 e. The molecule has 1 aliphatic heterocycles. The van der Waals surface area contributed by atoms with E-state index < -0.39 is 0 Å². The Kier molecular flexibility index (Phi) is 10.7. The van der Waals surface area contributed by atoms with E-state index in [0.717, 1.165) is 29.8 Å². The molecule has 1 atom stereocenters. The van der Waals surface area contributed by atoms with Gasteiger partial charge in [-0.1, -0.05) is 11.6 Å². The van der Waals surface area contributed by atoms with Crippen molar-refractivity contribution >= 4 is 35.1 Å². The van der Waals surface area contributed by atoms with Crippen LogP contribution in [0, 0.1) is 0 Å². The Labute approximate surface area is 142 Å². The van der Waals surface area contributed by atoms with Crippen LogP contribution in [0.2, 0.25) is 5.02 Å². The van der Waals surface area contributed by atoms with Gasteiger partial charge in [-0.3, -0.25) is 0 Å². The number of hydrogen-bond donors (Lipinski definition) is 1. The second kappa shape index (κ2) is 11.7. The van der Waals surface area contributed by atoms with Gasteiger partial charge in [-0.25, -0.2) is 0 Å². The summed E-state index contributed by atoms with van der Waals surface area (Å²) in [6.07, 6.45) is 2.66. The molecule has 0 amide bonds. The molecular formula is C16H26ClNOS2. The minimum Gasteiger partial charge on any atom is -0.379 e. The van der Waals surface area contributed by atoms with Crippen molar-refractivity contribution in [3.8, 4) is 0 Å². The standard InChI is InChI=1S/C10H11ClS2.C6H15NO/c11-8-1-3-9(4-2-8)13-10-5-6-12-7-10;1-6(2)8-5-3-4-7/h1-4,10H,5-7H2;6H,3-5,7H2,1-2H3.